The Bertz CT molecular complexity index is 664. The number of nitrogens with one attached hydrogen (secondary N) is 1. The molecule has 3 N–H and O–H groups in total. The van der Waals surface area contributed by atoms with Gasteiger partial charge in [0, 0.05) is 19.6 Å². The number of hydrogen-bond acceptors (Lipinski definition) is 3. The standard InChI is InChI=1S/C18H24N4O3/c19-17(25)20-12-15(23)22-11-5-9-18(22)8-4-10-21(16(18)24)13-14-6-2-1-3-7-14/h1-3,6-7H,4-5,8-13H2,(H3,19,20,25). The van der Waals surface area contributed by atoms with Crippen LogP contribution in [0.2, 0.25) is 0 Å². The molecule has 3 rings (SSSR count). The van der Waals surface area contributed by atoms with Crippen molar-refractivity contribution in [1.82, 2.24) is 15.1 Å². The van der Waals surface area contributed by atoms with E-state index in [9.17, 15) is 14.4 Å². The van der Waals surface area contributed by atoms with Gasteiger partial charge < -0.3 is 20.9 Å². The fourth-order valence-electron chi connectivity index (χ4n) is 4.00. The summed E-state index contributed by atoms with van der Waals surface area (Å²) >= 11 is 0. The van der Waals surface area contributed by atoms with Gasteiger partial charge in [-0.2, -0.15) is 0 Å². The Kier molecular flexibility index (Phi) is 4.92. The van der Waals surface area contributed by atoms with E-state index in [1.807, 2.05) is 35.2 Å². The van der Waals surface area contributed by atoms with Gasteiger partial charge in [-0.05, 0) is 31.2 Å². The van der Waals surface area contributed by atoms with Crippen molar-refractivity contribution in [2.45, 2.75) is 37.8 Å². The lowest BCUT2D eigenvalue weighted by molar-refractivity contribution is -0.155. The van der Waals surface area contributed by atoms with E-state index in [4.69, 9.17) is 5.73 Å². The van der Waals surface area contributed by atoms with Crippen molar-refractivity contribution in [3.8, 4) is 0 Å². The predicted octanol–water partition coefficient (Wildman–Crippen LogP) is 0.839. The molecule has 1 spiro atoms. The molecule has 2 heterocycles. The molecule has 7 heteroatoms. The summed E-state index contributed by atoms with van der Waals surface area (Å²) in [5.74, 6) is -0.223. The van der Waals surface area contributed by atoms with Gasteiger partial charge in [-0.3, -0.25) is 9.59 Å². The topological polar surface area (TPSA) is 95.7 Å². The number of likely N-dealkylation sites (tertiary alicyclic amines) is 2. The summed E-state index contributed by atoms with van der Waals surface area (Å²) in [5, 5.41) is 2.33. The van der Waals surface area contributed by atoms with Crippen molar-refractivity contribution < 1.29 is 14.4 Å². The minimum absolute atomic E-state index is 0.0209. The third kappa shape index (κ3) is 3.45. The molecule has 25 heavy (non-hydrogen) atoms. The normalized spacial score (nSPS) is 23.1. The first-order valence-electron chi connectivity index (χ1n) is 8.70. The lowest BCUT2D eigenvalue weighted by Crippen LogP contribution is -2.62. The van der Waals surface area contributed by atoms with Crippen LogP contribution in [0.4, 0.5) is 4.79 Å². The van der Waals surface area contributed by atoms with Crippen LogP contribution in [0, 0.1) is 0 Å². The van der Waals surface area contributed by atoms with Crippen LogP contribution in [0.1, 0.15) is 31.2 Å². The van der Waals surface area contributed by atoms with Crippen LogP contribution in [0.5, 0.6) is 0 Å². The van der Waals surface area contributed by atoms with Crippen molar-refractivity contribution in [2.75, 3.05) is 19.6 Å². The number of carbonyl (C=O) groups is 3. The summed E-state index contributed by atoms with van der Waals surface area (Å²) in [4.78, 5) is 40.1. The summed E-state index contributed by atoms with van der Waals surface area (Å²) in [5.41, 5.74) is 5.37. The first-order valence-corrected chi connectivity index (χ1v) is 8.70. The highest BCUT2D eigenvalue weighted by atomic mass is 16.2. The van der Waals surface area contributed by atoms with Crippen LogP contribution in [-0.4, -0.2) is 52.8 Å². The van der Waals surface area contributed by atoms with E-state index >= 15 is 0 Å². The summed E-state index contributed by atoms with van der Waals surface area (Å²) < 4.78 is 0. The zero-order chi connectivity index (χ0) is 17.9. The van der Waals surface area contributed by atoms with E-state index in [0.717, 1.165) is 18.4 Å². The highest BCUT2D eigenvalue weighted by Crippen LogP contribution is 2.38. The van der Waals surface area contributed by atoms with E-state index in [2.05, 4.69) is 5.32 Å². The van der Waals surface area contributed by atoms with Crippen LogP contribution >= 0.6 is 0 Å². The first-order chi connectivity index (χ1) is 12.0. The number of primary amides is 1. The summed E-state index contributed by atoms with van der Waals surface area (Å²) in [6.45, 7) is 1.65. The van der Waals surface area contributed by atoms with Gasteiger partial charge in [0.15, 0.2) is 0 Å². The number of benzene rings is 1. The first kappa shape index (κ1) is 17.3. The van der Waals surface area contributed by atoms with Crippen LogP contribution in [0.25, 0.3) is 0 Å². The van der Waals surface area contributed by atoms with Gasteiger partial charge in [-0.25, -0.2) is 4.79 Å². The Hall–Kier alpha value is -2.57. The number of nitrogens with two attached hydrogens (primary N) is 1. The molecule has 2 aliphatic heterocycles. The number of rotatable bonds is 4. The summed E-state index contributed by atoms with van der Waals surface area (Å²) in [7, 11) is 0. The molecule has 0 radical (unpaired) electrons. The molecule has 2 saturated heterocycles. The van der Waals surface area contributed by atoms with Gasteiger partial charge in [-0.15, -0.1) is 0 Å². The average molecular weight is 344 g/mol. The van der Waals surface area contributed by atoms with Crippen molar-refractivity contribution in [3.63, 3.8) is 0 Å². The van der Waals surface area contributed by atoms with Crippen molar-refractivity contribution >= 4 is 17.8 Å². The molecule has 0 saturated carbocycles. The number of urea groups is 1. The maximum atomic E-state index is 13.2. The summed E-state index contributed by atoms with van der Waals surface area (Å²) in [6, 6.07) is 9.14. The van der Waals surface area contributed by atoms with Gasteiger partial charge in [0.05, 0.1) is 6.54 Å². The lowest BCUT2D eigenvalue weighted by atomic mass is 9.85. The number of carbonyl (C=O) groups excluding carboxylic acids is 3. The number of piperidine rings is 1. The van der Waals surface area contributed by atoms with Crippen molar-refractivity contribution in [1.29, 1.82) is 0 Å². The Morgan fingerprint density at radius 1 is 1.12 bits per heavy atom. The SMILES string of the molecule is NC(=O)NCC(=O)N1CCCC12CCCN(Cc1ccccc1)C2=O. The molecule has 7 nitrogen and oxygen atoms in total. The molecule has 1 aromatic rings. The van der Waals surface area contributed by atoms with E-state index < -0.39 is 11.6 Å². The third-order valence-corrected chi connectivity index (χ3v) is 5.12. The highest BCUT2D eigenvalue weighted by Gasteiger charge is 2.52. The molecule has 1 atom stereocenters. The molecule has 0 aliphatic carbocycles. The van der Waals surface area contributed by atoms with E-state index in [-0.39, 0.29) is 18.4 Å². The van der Waals surface area contributed by atoms with E-state index in [1.165, 1.54) is 0 Å². The molecular weight excluding hydrogens is 320 g/mol. The smallest absolute Gasteiger partial charge is 0.312 e. The van der Waals surface area contributed by atoms with Gasteiger partial charge in [0.25, 0.3) is 0 Å². The molecule has 1 aromatic carbocycles. The quantitative estimate of drug-likeness (QED) is 0.847. The molecule has 4 amide bonds. The summed E-state index contributed by atoms with van der Waals surface area (Å²) in [6.07, 6.45) is 3.03. The number of nitrogens with zero attached hydrogens (tertiary/aromatic N) is 2. The van der Waals surface area contributed by atoms with Gasteiger partial charge in [0.2, 0.25) is 11.8 Å². The Labute approximate surface area is 147 Å². The molecule has 2 aliphatic rings. The van der Waals surface area contributed by atoms with Crippen LogP contribution < -0.4 is 11.1 Å². The van der Waals surface area contributed by atoms with Gasteiger partial charge in [0.1, 0.15) is 5.54 Å². The molecule has 134 valence electrons. The van der Waals surface area contributed by atoms with Crippen LogP contribution in [0.3, 0.4) is 0 Å². The maximum Gasteiger partial charge on any atom is 0.312 e. The average Bonchev–Trinajstić information content (AvgIpc) is 3.02. The van der Waals surface area contributed by atoms with Crippen LogP contribution in [-0.2, 0) is 16.1 Å². The van der Waals surface area contributed by atoms with E-state index in [0.29, 0.717) is 32.5 Å². The zero-order valence-electron chi connectivity index (χ0n) is 14.2. The Balaban J connectivity index is 1.75. The van der Waals surface area contributed by atoms with Crippen LogP contribution in [0.15, 0.2) is 30.3 Å². The lowest BCUT2D eigenvalue weighted by Gasteiger charge is -2.44. The fraction of sp³-hybridized carbons (Fsp3) is 0.500. The largest absolute Gasteiger partial charge is 0.352 e. The Morgan fingerprint density at radius 3 is 2.48 bits per heavy atom. The third-order valence-electron chi connectivity index (χ3n) is 5.12. The zero-order valence-corrected chi connectivity index (χ0v) is 14.2. The van der Waals surface area contributed by atoms with Crippen molar-refractivity contribution in [3.05, 3.63) is 35.9 Å². The highest BCUT2D eigenvalue weighted by molar-refractivity contribution is 5.94. The minimum Gasteiger partial charge on any atom is -0.352 e. The molecular formula is C18H24N4O3. The second-order valence-corrected chi connectivity index (χ2v) is 6.71. The molecule has 2 fully saturated rings. The fourth-order valence-corrected chi connectivity index (χ4v) is 4.00. The number of hydrogen-bond donors (Lipinski definition) is 2. The van der Waals surface area contributed by atoms with Gasteiger partial charge in [-0.1, -0.05) is 30.3 Å². The predicted molar refractivity (Wildman–Crippen MR) is 92.4 cm³/mol. The van der Waals surface area contributed by atoms with E-state index in [1.54, 1.807) is 4.90 Å². The number of amides is 4. The van der Waals surface area contributed by atoms with Crippen molar-refractivity contribution in [2.24, 2.45) is 5.73 Å². The monoisotopic (exact) mass is 344 g/mol. The molecule has 0 aromatic heterocycles. The van der Waals surface area contributed by atoms with Gasteiger partial charge >= 0.3 is 6.03 Å². The second kappa shape index (κ2) is 7.13. The minimum atomic E-state index is -0.760. The second-order valence-electron chi connectivity index (χ2n) is 6.71. The molecule has 1 unspecified atom stereocenters. The Morgan fingerprint density at radius 2 is 1.80 bits per heavy atom. The molecule has 0 bridgehead atoms. The maximum absolute atomic E-state index is 13.2.